The average Bonchev–Trinajstić information content (AvgIpc) is 2.17. The summed E-state index contributed by atoms with van der Waals surface area (Å²) in [6, 6.07) is 1.33. The number of thiol groups is 1. The van der Waals surface area contributed by atoms with Crippen LogP contribution in [0.5, 0.6) is 0 Å². The summed E-state index contributed by atoms with van der Waals surface area (Å²) in [6.45, 7) is 15.0. The molecule has 3 heteroatoms. The molecule has 0 N–H and O–H groups in total. The van der Waals surface area contributed by atoms with E-state index >= 15 is 0 Å². The van der Waals surface area contributed by atoms with Gasteiger partial charge < -0.3 is 0 Å². The van der Waals surface area contributed by atoms with E-state index in [0.29, 0.717) is 12.1 Å². The van der Waals surface area contributed by atoms with Gasteiger partial charge >= 0.3 is 0 Å². The van der Waals surface area contributed by atoms with E-state index in [1.54, 1.807) is 0 Å². The molecule has 2 unspecified atom stereocenters. The van der Waals surface area contributed by atoms with Gasteiger partial charge in [-0.2, -0.15) is 12.6 Å². The SMILES string of the molecule is CCN1C(C)CN(C(C)(C)CS)CC1C. The molecule has 0 radical (unpaired) electrons. The van der Waals surface area contributed by atoms with Crippen LogP contribution in [0.1, 0.15) is 34.6 Å². The average molecular weight is 230 g/mol. The summed E-state index contributed by atoms with van der Waals surface area (Å²) in [5.41, 5.74) is 0.228. The van der Waals surface area contributed by atoms with Gasteiger partial charge in [-0.15, -0.1) is 0 Å². The van der Waals surface area contributed by atoms with Crippen LogP contribution in [-0.2, 0) is 0 Å². The van der Waals surface area contributed by atoms with Gasteiger partial charge in [-0.3, -0.25) is 9.80 Å². The van der Waals surface area contributed by atoms with Crippen LogP contribution in [0.2, 0.25) is 0 Å². The fourth-order valence-electron chi connectivity index (χ4n) is 2.57. The highest BCUT2D eigenvalue weighted by Gasteiger charge is 2.34. The van der Waals surface area contributed by atoms with Crippen LogP contribution < -0.4 is 0 Å². The van der Waals surface area contributed by atoms with Crippen LogP contribution in [0.25, 0.3) is 0 Å². The largest absolute Gasteiger partial charge is 0.296 e. The van der Waals surface area contributed by atoms with Crippen LogP contribution in [0.3, 0.4) is 0 Å². The van der Waals surface area contributed by atoms with Gasteiger partial charge in [-0.05, 0) is 34.2 Å². The summed E-state index contributed by atoms with van der Waals surface area (Å²) in [5, 5.41) is 0. The molecular formula is C12H26N2S. The normalized spacial score (nSPS) is 30.8. The number of hydrogen-bond donors (Lipinski definition) is 1. The third-order valence-electron chi connectivity index (χ3n) is 3.71. The Morgan fingerprint density at radius 3 is 2.00 bits per heavy atom. The molecular weight excluding hydrogens is 204 g/mol. The van der Waals surface area contributed by atoms with Crippen molar-refractivity contribution in [3.8, 4) is 0 Å². The monoisotopic (exact) mass is 230 g/mol. The Bertz CT molecular complexity index is 194. The Balaban J connectivity index is 2.68. The number of hydrogen-bond acceptors (Lipinski definition) is 3. The van der Waals surface area contributed by atoms with E-state index < -0.39 is 0 Å². The lowest BCUT2D eigenvalue weighted by atomic mass is 9.99. The van der Waals surface area contributed by atoms with Crippen LogP contribution in [0, 0.1) is 0 Å². The van der Waals surface area contributed by atoms with Gasteiger partial charge in [-0.1, -0.05) is 6.92 Å². The first-order valence-corrected chi connectivity index (χ1v) is 6.67. The Hall–Kier alpha value is 0.270. The standard InChI is InChI=1S/C12H26N2S/c1-6-14-10(2)7-13(8-11(14)3)12(4,5)9-15/h10-11,15H,6-9H2,1-5H3. The van der Waals surface area contributed by atoms with Crippen LogP contribution in [-0.4, -0.2) is 52.8 Å². The minimum absolute atomic E-state index is 0.228. The number of likely N-dealkylation sites (N-methyl/N-ethyl adjacent to an activating group) is 1. The molecule has 0 amide bonds. The molecule has 1 saturated heterocycles. The summed E-state index contributed by atoms with van der Waals surface area (Å²) < 4.78 is 0. The van der Waals surface area contributed by atoms with Crippen LogP contribution in [0.15, 0.2) is 0 Å². The van der Waals surface area contributed by atoms with Crippen molar-refractivity contribution in [3.05, 3.63) is 0 Å². The Morgan fingerprint density at radius 2 is 1.67 bits per heavy atom. The first-order valence-electron chi connectivity index (χ1n) is 6.04. The highest BCUT2D eigenvalue weighted by atomic mass is 32.1. The molecule has 0 bridgehead atoms. The van der Waals surface area contributed by atoms with Gasteiger partial charge in [0.2, 0.25) is 0 Å². The van der Waals surface area contributed by atoms with Crippen LogP contribution >= 0.6 is 12.6 Å². The lowest BCUT2D eigenvalue weighted by Gasteiger charge is -2.49. The molecule has 0 aromatic carbocycles. The van der Waals surface area contributed by atoms with E-state index in [0.717, 1.165) is 12.3 Å². The second-order valence-corrected chi connectivity index (χ2v) is 5.72. The third kappa shape index (κ3) is 2.89. The molecule has 1 rings (SSSR count). The Kier molecular flexibility index (Phi) is 4.50. The molecule has 0 saturated carbocycles. The van der Waals surface area contributed by atoms with Crippen molar-refractivity contribution in [1.29, 1.82) is 0 Å². The third-order valence-corrected chi connectivity index (χ3v) is 4.48. The smallest absolute Gasteiger partial charge is 0.0242 e. The second kappa shape index (κ2) is 5.07. The molecule has 1 heterocycles. The van der Waals surface area contributed by atoms with Gasteiger partial charge in [0.15, 0.2) is 0 Å². The minimum Gasteiger partial charge on any atom is -0.296 e. The van der Waals surface area contributed by atoms with E-state index in [9.17, 15) is 0 Å². The van der Waals surface area contributed by atoms with Gasteiger partial charge in [-0.25, -0.2) is 0 Å². The topological polar surface area (TPSA) is 6.48 Å². The van der Waals surface area contributed by atoms with Crippen molar-refractivity contribution in [3.63, 3.8) is 0 Å². The fourth-order valence-corrected chi connectivity index (χ4v) is 2.77. The van der Waals surface area contributed by atoms with Crippen LogP contribution in [0.4, 0.5) is 0 Å². The van der Waals surface area contributed by atoms with Gasteiger partial charge in [0, 0.05) is 36.5 Å². The zero-order chi connectivity index (χ0) is 11.6. The van der Waals surface area contributed by atoms with E-state index in [1.165, 1.54) is 13.1 Å². The fraction of sp³-hybridized carbons (Fsp3) is 1.00. The summed E-state index contributed by atoms with van der Waals surface area (Å²) in [7, 11) is 0. The molecule has 0 spiro atoms. The van der Waals surface area contributed by atoms with Gasteiger partial charge in [0.1, 0.15) is 0 Å². The zero-order valence-corrected chi connectivity index (χ0v) is 11.7. The summed E-state index contributed by atoms with van der Waals surface area (Å²) in [4.78, 5) is 5.17. The van der Waals surface area contributed by atoms with Crippen molar-refractivity contribution in [1.82, 2.24) is 9.80 Å². The number of rotatable bonds is 3. The highest BCUT2D eigenvalue weighted by molar-refractivity contribution is 7.80. The summed E-state index contributed by atoms with van der Waals surface area (Å²) in [5.74, 6) is 0.929. The van der Waals surface area contributed by atoms with E-state index in [2.05, 4.69) is 57.0 Å². The van der Waals surface area contributed by atoms with Gasteiger partial charge in [0.25, 0.3) is 0 Å². The highest BCUT2D eigenvalue weighted by Crippen LogP contribution is 2.23. The Morgan fingerprint density at radius 1 is 1.20 bits per heavy atom. The first kappa shape index (κ1) is 13.3. The lowest BCUT2D eigenvalue weighted by Crippen LogP contribution is -2.62. The number of piperazine rings is 1. The molecule has 0 aromatic rings. The summed E-state index contributed by atoms with van der Waals surface area (Å²) in [6.07, 6.45) is 0. The van der Waals surface area contributed by atoms with Crippen molar-refractivity contribution < 1.29 is 0 Å². The van der Waals surface area contributed by atoms with Crippen molar-refractivity contribution in [2.45, 2.75) is 52.2 Å². The first-order chi connectivity index (χ1) is 6.92. The lowest BCUT2D eigenvalue weighted by molar-refractivity contribution is -0.000695. The molecule has 2 atom stereocenters. The molecule has 15 heavy (non-hydrogen) atoms. The van der Waals surface area contributed by atoms with Crippen molar-refractivity contribution in [2.75, 3.05) is 25.4 Å². The quantitative estimate of drug-likeness (QED) is 0.742. The molecule has 1 aliphatic rings. The molecule has 90 valence electrons. The molecule has 0 aromatic heterocycles. The zero-order valence-electron chi connectivity index (χ0n) is 10.8. The van der Waals surface area contributed by atoms with Crippen molar-refractivity contribution in [2.24, 2.45) is 0 Å². The molecule has 1 fully saturated rings. The predicted molar refractivity (Wildman–Crippen MR) is 70.8 cm³/mol. The number of nitrogens with zero attached hydrogens (tertiary/aromatic N) is 2. The molecule has 0 aliphatic carbocycles. The van der Waals surface area contributed by atoms with Gasteiger partial charge in [0.05, 0.1) is 0 Å². The maximum absolute atomic E-state index is 4.46. The maximum Gasteiger partial charge on any atom is 0.0242 e. The maximum atomic E-state index is 4.46. The van der Waals surface area contributed by atoms with E-state index in [-0.39, 0.29) is 5.54 Å². The molecule has 2 nitrogen and oxygen atoms in total. The summed E-state index contributed by atoms with van der Waals surface area (Å²) >= 11 is 4.46. The van der Waals surface area contributed by atoms with Crippen molar-refractivity contribution >= 4 is 12.6 Å². The van der Waals surface area contributed by atoms with E-state index in [1.807, 2.05) is 0 Å². The molecule has 1 aliphatic heterocycles. The second-order valence-electron chi connectivity index (χ2n) is 5.40. The predicted octanol–water partition coefficient (Wildman–Crippen LogP) is 2.11. The van der Waals surface area contributed by atoms with E-state index in [4.69, 9.17) is 0 Å². The Labute approximate surface area is 100 Å². The minimum atomic E-state index is 0.228.